The molecule has 0 saturated heterocycles. The maximum absolute atomic E-state index is 10.6. The molecular formula is C15H27O. The fraction of sp³-hybridized carbons (Fsp3) is 0.733. The summed E-state index contributed by atoms with van der Waals surface area (Å²) in [4.78, 5) is 0. The van der Waals surface area contributed by atoms with Crippen molar-refractivity contribution in [3.05, 3.63) is 23.8 Å². The van der Waals surface area contributed by atoms with E-state index in [1.165, 1.54) is 19.3 Å². The molecule has 0 rings (SSSR count). The van der Waals surface area contributed by atoms with E-state index in [0.29, 0.717) is 11.8 Å². The molecule has 1 radical (unpaired) electrons. The summed E-state index contributed by atoms with van der Waals surface area (Å²) in [6.45, 7) is 8.51. The Labute approximate surface area is 101 Å². The van der Waals surface area contributed by atoms with Crippen LogP contribution in [0.1, 0.15) is 53.4 Å². The van der Waals surface area contributed by atoms with E-state index >= 15 is 0 Å². The molecule has 0 saturated carbocycles. The van der Waals surface area contributed by atoms with Crippen molar-refractivity contribution in [2.75, 3.05) is 6.61 Å². The van der Waals surface area contributed by atoms with Gasteiger partial charge in [-0.25, -0.2) is 5.11 Å². The van der Waals surface area contributed by atoms with E-state index in [-0.39, 0.29) is 6.61 Å². The van der Waals surface area contributed by atoms with E-state index in [1.54, 1.807) is 0 Å². The Kier molecular flexibility index (Phi) is 9.31. The molecule has 0 aromatic rings. The van der Waals surface area contributed by atoms with Crippen LogP contribution in [0, 0.1) is 11.8 Å². The van der Waals surface area contributed by atoms with Crippen molar-refractivity contribution < 1.29 is 5.11 Å². The first-order valence-electron chi connectivity index (χ1n) is 6.52. The van der Waals surface area contributed by atoms with E-state index in [4.69, 9.17) is 0 Å². The third kappa shape index (κ3) is 8.72. The maximum atomic E-state index is 10.6. The molecule has 0 aliphatic carbocycles. The highest BCUT2D eigenvalue weighted by Gasteiger charge is 2.04. The van der Waals surface area contributed by atoms with Gasteiger partial charge in [0.05, 0.1) is 0 Å². The Balaban J connectivity index is 3.86. The van der Waals surface area contributed by atoms with Crippen LogP contribution in [-0.2, 0) is 5.11 Å². The zero-order chi connectivity index (χ0) is 12.4. The molecule has 2 atom stereocenters. The van der Waals surface area contributed by atoms with Gasteiger partial charge in [0, 0.05) is 0 Å². The molecule has 0 spiro atoms. The van der Waals surface area contributed by atoms with Crippen LogP contribution in [0.5, 0.6) is 0 Å². The van der Waals surface area contributed by atoms with Crippen molar-refractivity contribution >= 4 is 0 Å². The molecular weight excluding hydrogens is 196 g/mol. The number of unbranched alkanes of at least 4 members (excludes halogenated alkanes) is 2. The fourth-order valence-corrected chi connectivity index (χ4v) is 1.92. The van der Waals surface area contributed by atoms with Gasteiger partial charge in [-0.05, 0) is 37.2 Å². The van der Waals surface area contributed by atoms with Crippen molar-refractivity contribution in [2.24, 2.45) is 11.8 Å². The van der Waals surface area contributed by atoms with Gasteiger partial charge in [-0.1, -0.05) is 51.8 Å². The van der Waals surface area contributed by atoms with Crippen LogP contribution in [0.4, 0.5) is 0 Å². The maximum Gasteiger partial charge on any atom is 0.103 e. The van der Waals surface area contributed by atoms with Crippen molar-refractivity contribution in [3.63, 3.8) is 0 Å². The predicted octanol–water partition coefficient (Wildman–Crippen LogP) is 4.77. The second-order valence-electron chi connectivity index (χ2n) is 4.92. The van der Waals surface area contributed by atoms with Crippen molar-refractivity contribution in [1.29, 1.82) is 0 Å². The lowest BCUT2D eigenvalue weighted by Crippen LogP contribution is -1.99. The summed E-state index contributed by atoms with van der Waals surface area (Å²) in [6, 6.07) is 0. The second-order valence-corrected chi connectivity index (χ2v) is 4.92. The Hall–Kier alpha value is -0.560. The molecule has 93 valence electrons. The van der Waals surface area contributed by atoms with Crippen molar-refractivity contribution in [3.8, 4) is 0 Å². The van der Waals surface area contributed by atoms with Gasteiger partial charge < -0.3 is 0 Å². The first-order valence-corrected chi connectivity index (χ1v) is 6.52. The lowest BCUT2D eigenvalue weighted by molar-refractivity contribution is 0.222. The van der Waals surface area contributed by atoms with Gasteiger partial charge in [0.2, 0.25) is 0 Å². The molecule has 16 heavy (non-hydrogen) atoms. The average Bonchev–Trinajstić information content (AvgIpc) is 2.24. The summed E-state index contributed by atoms with van der Waals surface area (Å²) in [7, 11) is 0. The van der Waals surface area contributed by atoms with Crippen LogP contribution in [0.15, 0.2) is 23.8 Å². The topological polar surface area (TPSA) is 19.9 Å². The molecule has 0 bridgehead atoms. The number of hydrogen-bond acceptors (Lipinski definition) is 0. The van der Waals surface area contributed by atoms with Crippen LogP contribution in [-0.4, -0.2) is 6.61 Å². The highest BCUT2D eigenvalue weighted by Crippen LogP contribution is 2.16. The summed E-state index contributed by atoms with van der Waals surface area (Å²) in [5.74, 6) is 1.13. The van der Waals surface area contributed by atoms with Crippen LogP contribution in [0.25, 0.3) is 0 Å². The fourth-order valence-electron chi connectivity index (χ4n) is 1.92. The minimum absolute atomic E-state index is 0.0644. The lowest BCUT2D eigenvalue weighted by Gasteiger charge is -2.11. The molecule has 0 amide bonds. The normalized spacial score (nSPS) is 16.7. The van der Waals surface area contributed by atoms with Gasteiger partial charge in [0.25, 0.3) is 0 Å². The van der Waals surface area contributed by atoms with Crippen LogP contribution >= 0.6 is 0 Å². The molecule has 1 nitrogen and oxygen atoms in total. The van der Waals surface area contributed by atoms with E-state index in [9.17, 15) is 5.11 Å². The summed E-state index contributed by atoms with van der Waals surface area (Å²) < 4.78 is 0. The third-order valence-electron chi connectivity index (χ3n) is 2.73. The minimum Gasteiger partial charge on any atom is -0.232 e. The molecule has 0 aromatic carbocycles. The van der Waals surface area contributed by atoms with Crippen molar-refractivity contribution in [1.82, 2.24) is 0 Å². The lowest BCUT2D eigenvalue weighted by atomic mass is 9.95. The summed E-state index contributed by atoms with van der Waals surface area (Å²) >= 11 is 0. The molecule has 0 fully saturated rings. The minimum atomic E-state index is -0.0644. The molecule has 2 unspecified atom stereocenters. The van der Waals surface area contributed by atoms with Gasteiger partial charge in [-0.3, -0.25) is 0 Å². The SMILES string of the molecule is CCCCC=CC(C)CC(C)C=C(C)C[O]. The van der Waals surface area contributed by atoms with E-state index in [2.05, 4.69) is 39.0 Å². The van der Waals surface area contributed by atoms with Gasteiger partial charge in [-0.15, -0.1) is 0 Å². The van der Waals surface area contributed by atoms with E-state index in [0.717, 1.165) is 12.0 Å². The third-order valence-corrected chi connectivity index (χ3v) is 2.73. The first kappa shape index (κ1) is 15.4. The summed E-state index contributed by atoms with van der Waals surface area (Å²) in [5.41, 5.74) is 0.967. The van der Waals surface area contributed by atoms with Crippen LogP contribution in [0.3, 0.4) is 0 Å². The zero-order valence-electron chi connectivity index (χ0n) is 11.3. The van der Waals surface area contributed by atoms with Gasteiger partial charge in [0.1, 0.15) is 6.61 Å². The molecule has 0 aliphatic rings. The second kappa shape index (κ2) is 9.65. The Bertz CT molecular complexity index is 215. The molecule has 0 aliphatic heterocycles. The first-order chi connectivity index (χ1) is 7.60. The zero-order valence-corrected chi connectivity index (χ0v) is 11.3. The highest BCUT2D eigenvalue weighted by molar-refractivity contribution is 5.01. The summed E-state index contributed by atoms with van der Waals surface area (Å²) in [6.07, 6.45) is 11.6. The van der Waals surface area contributed by atoms with Gasteiger partial charge in [-0.2, -0.15) is 0 Å². The predicted molar refractivity (Wildman–Crippen MR) is 70.9 cm³/mol. The Morgan fingerprint density at radius 3 is 2.50 bits per heavy atom. The largest absolute Gasteiger partial charge is 0.232 e. The van der Waals surface area contributed by atoms with Gasteiger partial charge in [0.15, 0.2) is 0 Å². The van der Waals surface area contributed by atoms with Crippen LogP contribution in [0.2, 0.25) is 0 Å². The van der Waals surface area contributed by atoms with E-state index in [1.807, 2.05) is 6.92 Å². The molecule has 0 aromatic heterocycles. The quantitative estimate of drug-likeness (QED) is 0.417. The Morgan fingerprint density at radius 2 is 1.94 bits per heavy atom. The smallest absolute Gasteiger partial charge is 0.103 e. The number of hydrogen-bond donors (Lipinski definition) is 0. The Morgan fingerprint density at radius 1 is 1.25 bits per heavy atom. The van der Waals surface area contributed by atoms with Crippen molar-refractivity contribution in [2.45, 2.75) is 53.4 Å². The molecule has 1 heteroatoms. The summed E-state index contributed by atoms with van der Waals surface area (Å²) in [5, 5.41) is 10.6. The average molecular weight is 223 g/mol. The molecule has 0 N–H and O–H groups in total. The standard InChI is InChI=1S/C15H27O/c1-5-6-7-8-9-13(2)10-14(3)11-15(4)12-16/h8-9,11,13-14H,5-7,10,12H2,1-4H3. The molecule has 0 heterocycles. The van der Waals surface area contributed by atoms with Crippen LogP contribution < -0.4 is 0 Å². The van der Waals surface area contributed by atoms with E-state index < -0.39 is 0 Å². The number of rotatable bonds is 8. The monoisotopic (exact) mass is 223 g/mol. The number of allylic oxidation sites excluding steroid dienone is 3. The van der Waals surface area contributed by atoms with Gasteiger partial charge >= 0.3 is 0 Å². The highest BCUT2D eigenvalue weighted by atomic mass is 16.3.